The summed E-state index contributed by atoms with van der Waals surface area (Å²) in [6.45, 7) is 2.49. The Labute approximate surface area is 118 Å². The van der Waals surface area contributed by atoms with E-state index in [0.29, 0.717) is 12.5 Å². The summed E-state index contributed by atoms with van der Waals surface area (Å²) in [5.41, 5.74) is 9.99. The van der Waals surface area contributed by atoms with Gasteiger partial charge in [-0.2, -0.15) is 0 Å². The van der Waals surface area contributed by atoms with Gasteiger partial charge in [0.15, 0.2) is 0 Å². The molecule has 1 aliphatic carbocycles. The third kappa shape index (κ3) is 2.08. The molecule has 0 atom stereocenters. The van der Waals surface area contributed by atoms with Gasteiger partial charge in [-0.15, -0.1) is 5.10 Å². The molecule has 5 heteroatoms. The van der Waals surface area contributed by atoms with Crippen molar-refractivity contribution in [2.75, 3.05) is 7.11 Å². The molecule has 1 saturated carbocycles. The lowest BCUT2D eigenvalue weighted by atomic mass is 9.82. The molecular weight excluding hydrogens is 252 g/mol. The highest BCUT2D eigenvalue weighted by Crippen LogP contribution is 2.39. The van der Waals surface area contributed by atoms with Crippen LogP contribution in [0.4, 0.5) is 0 Å². The maximum Gasteiger partial charge on any atom is 0.144 e. The van der Waals surface area contributed by atoms with Crippen LogP contribution in [0, 0.1) is 6.92 Å². The number of aromatic nitrogens is 3. The molecule has 1 aromatic carbocycles. The molecule has 2 aromatic rings. The summed E-state index contributed by atoms with van der Waals surface area (Å²) in [7, 11) is 1.68. The van der Waals surface area contributed by atoms with Gasteiger partial charge in [0.2, 0.25) is 0 Å². The molecule has 0 unspecified atom stereocenters. The molecule has 106 valence electrons. The van der Waals surface area contributed by atoms with Crippen LogP contribution in [0.2, 0.25) is 0 Å². The normalized spacial score (nSPS) is 15.2. The lowest BCUT2D eigenvalue weighted by Crippen LogP contribution is -2.17. The summed E-state index contributed by atoms with van der Waals surface area (Å²) in [6, 6.07) is 6.08. The summed E-state index contributed by atoms with van der Waals surface area (Å²) in [6.07, 6.45) is 3.65. The Morgan fingerprint density at radius 2 is 2.20 bits per heavy atom. The highest BCUT2D eigenvalue weighted by Gasteiger charge is 2.28. The third-order valence-corrected chi connectivity index (χ3v) is 4.03. The molecule has 2 N–H and O–H groups in total. The number of methoxy groups -OCH3 is 1. The van der Waals surface area contributed by atoms with Crippen molar-refractivity contribution in [3.63, 3.8) is 0 Å². The standard InChI is InChI=1S/C15H20N4O/c1-10-6-7-14(20-2)13(8-10)19-15(11-4-3-5-11)12(9-16)17-18-19/h6-8,11H,3-5,9,16H2,1-2H3. The first-order chi connectivity index (χ1) is 9.74. The lowest BCUT2D eigenvalue weighted by molar-refractivity contribution is 0.392. The van der Waals surface area contributed by atoms with Gasteiger partial charge < -0.3 is 10.5 Å². The van der Waals surface area contributed by atoms with Crippen LogP contribution in [0.25, 0.3) is 5.69 Å². The fourth-order valence-electron chi connectivity index (χ4n) is 2.70. The molecule has 0 radical (unpaired) electrons. The van der Waals surface area contributed by atoms with Crippen molar-refractivity contribution in [2.45, 2.75) is 38.6 Å². The number of rotatable bonds is 4. The van der Waals surface area contributed by atoms with E-state index < -0.39 is 0 Å². The van der Waals surface area contributed by atoms with Crippen molar-refractivity contribution < 1.29 is 4.74 Å². The zero-order chi connectivity index (χ0) is 14.1. The summed E-state index contributed by atoms with van der Waals surface area (Å²) in [5.74, 6) is 1.33. The monoisotopic (exact) mass is 272 g/mol. The van der Waals surface area contributed by atoms with Gasteiger partial charge in [0.05, 0.1) is 12.8 Å². The van der Waals surface area contributed by atoms with Gasteiger partial charge in [0.1, 0.15) is 17.1 Å². The second kappa shape index (κ2) is 5.25. The van der Waals surface area contributed by atoms with Gasteiger partial charge in [-0.3, -0.25) is 0 Å². The Hall–Kier alpha value is -1.88. The zero-order valence-corrected chi connectivity index (χ0v) is 12.0. The average Bonchev–Trinajstić information content (AvgIpc) is 2.80. The largest absolute Gasteiger partial charge is 0.494 e. The minimum absolute atomic E-state index is 0.431. The summed E-state index contributed by atoms with van der Waals surface area (Å²) in [4.78, 5) is 0. The van der Waals surface area contributed by atoms with E-state index >= 15 is 0 Å². The van der Waals surface area contributed by atoms with Crippen LogP contribution in [0.5, 0.6) is 5.75 Å². The van der Waals surface area contributed by atoms with Crippen LogP contribution in [0.1, 0.15) is 42.1 Å². The van der Waals surface area contributed by atoms with E-state index in [1.807, 2.05) is 16.8 Å². The predicted molar refractivity (Wildman–Crippen MR) is 77.1 cm³/mol. The van der Waals surface area contributed by atoms with E-state index in [4.69, 9.17) is 10.5 Å². The second-order valence-electron chi connectivity index (χ2n) is 5.34. The maximum atomic E-state index is 5.81. The molecule has 0 bridgehead atoms. The first-order valence-corrected chi connectivity index (χ1v) is 7.04. The molecule has 0 saturated heterocycles. The minimum Gasteiger partial charge on any atom is -0.494 e. The Balaban J connectivity index is 2.14. The van der Waals surface area contributed by atoms with E-state index in [1.165, 1.54) is 24.8 Å². The fourth-order valence-corrected chi connectivity index (χ4v) is 2.70. The predicted octanol–water partition coefficient (Wildman–Crippen LogP) is 2.31. The Kier molecular flexibility index (Phi) is 3.44. The molecule has 5 nitrogen and oxygen atoms in total. The Morgan fingerprint density at radius 3 is 2.80 bits per heavy atom. The van der Waals surface area contributed by atoms with E-state index in [0.717, 1.165) is 22.8 Å². The van der Waals surface area contributed by atoms with Crippen molar-refractivity contribution in [1.29, 1.82) is 0 Å². The number of hydrogen-bond acceptors (Lipinski definition) is 4. The fraction of sp³-hybridized carbons (Fsp3) is 0.467. The molecule has 0 aliphatic heterocycles. The molecule has 0 amide bonds. The summed E-state index contributed by atoms with van der Waals surface area (Å²) < 4.78 is 7.38. The number of aryl methyl sites for hydroxylation is 1. The van der Waals surface area contributed by atoms with E-state index in [-0.39, 0.29) is 0 Å². The topological polar surface area (TPSA) is 66.0 Å². The van der Waals surface area contributed by atoms with Crippen molar-refractivity contribution >= 4 is 0 Å². The van der Waals surface area contributed by atoms with Gasteiger partial charge in [-0.25, -0.2) is 4.68 Å². The molecule has 20 heavy (non-hydrogen) atoms. The molecule has 1 aliphatic rings. The first-order valence-electron chi connectivity index (χ1n) is 7.04. The van der Waals surface area contributed by atoms with Crippen molar-refractivity contribution in [2.24, 2.45) is 5.73 Å². The molecule has 0 spiro atoms. The molecule has 1 heterocycles. The molecular formula is C15H20N4O. The highest BCUT2D eigenvalue weighted by molar-refractivity contribution is 5.49. The molecule has 3 rings (SSSR count). The van der Waals surface area contributed by atoms with Gasteiger partial charge in [0.25, 0.3) is 0 Å². The Morgan fingerprint density at radius 1 is 1.40 bits per heavy atom. The van der Waals surface area contributed by atoms with Crippen LogP contribution < -0.4 is 10.5 Å². The van der Waals surface area contributed by atoms with Gasteiger partial charge >= 0.3 is 0 Å². The molecule has 1 aromatic heterocycles. The number of nitrogens with two attached hydrogens (primary N) is 1. The SMILES string of the molecule is COc1ccc(C)cc1-n1nnc(CN)c1C1CCC1. The average molecular weight is 272 g/mol. The number of hydrogen-bond donors (Lipinski definition) is 1. The van der Waals surface area contributed by atoms with E-state index in [1.54, 1.807) is 7.11 Å². The van der Waals surface area contributed by atoms with Crippen LogP contribution in [-0.4, -0.2) is 22.1 Å². The maximum absolute atomic E-state index is 5.81. The smallest absolute Gasteiger partial charge is 0.144 e. The number of nitrogens with zero attached hydrogens (tertiary/aromatic N) is 3. The lowest BCUT2D eigenvalue weighted by Gasteiger charge is -2.27. The Bertz CT molecular complexity index is 616. The highest BCUT2D eigenvalue weighted by atomic mass is 16.5. The van der Waals surface area contributed by atoms with Crippen LogP contribution >= 0.6 is 0 Å². The van der Waals surface area contributed by atoms with Crippen molar-refractivity contribution in [1.82, 2.24) is 15.0 Å². The van der Waals surface area contributed by atoms with E-state index in [9.17, 15) is 0 Å². The summed E-state index contributed by atoms with van der Waals surface area (Å²) in [5, 5.41) is 8.57. The van der Waals surface area contributed by atoms with Crippen LogP contribution in [0.3, 0.4) is 0 Å². The van der Waals surface area contributed by atoms with Gasteiger partial charge in [-0.1, -0.05) is 17.7 Å². The number of ether oxygens (including phenoxy) is 1. The summed E-state index contributed by atoms with van der Waals surface area (Å²) >= 11 is 0. The van der Waals surface area contributed by atoms with Crippen LogP contribution in [0.15, 0.2) is 18.2 Å². The zero-order valence-electron chi connectivity index (χ0n) is 12.0. The minimum atomic E-state index is 0.431. The van der Waals surface area contributed by atoms with Crippen molar-refractivity contribution in [3.8, 4) is 11.4 Å². The number of benzene rings is 1. The van der Waals surface area contributed by atoms with E-state index in [2.05, 4.69) is 23.3 Å². The third-order valence-electron chi connectivity index (χ3n) is 4.03. The van der Waals surface area contributed by atoms with Gasteiger partial charge in [0, 0.05) is 12.5 Å². The second-order valence-corrected chi connectivity index (χ2v) is 5.34. The van der Waals surface area contributed by atoms with Crippen molar-refractivity contribution in [3.05, 3.63) is 35.2 Å². The molecule has 1 fully saturated rings. The van der Waals surface area contributed by atoms with Gasteiger partial charge in [-0.05, 0) is 37.5 Å². The quantitative estimate of drug-likeness (QED) is 0.927. The first kappa shape index (κ1) is 13.1. The van der Waals surface area contributed by atoms with Crippen LogP contribution in [-0.2, 0) is 6.54 Å².